The second-order valence-electron chi connectivity index (χ2n) is 12.4. The van der Waals surface area contributed by atoms with Gasteiger partial charge in [0.15, 0.2) is 0 Å². The molecule has 3 aliphatic rings. The summed E-state index contributed by atoms with van der Waals surface area (Å²) in [6.45, 7) is 4.91. The molecule has 4 atom stereocenters. The lowest BCUT2D eigenvalue weighted by atomic mass is 9.85. The van der Waals surface area contributed by atoms with Crippen LogP contribution < -0.4 is 5.32 Å². The fraction of sp³-hybridized carbons (Fsp3) is 0.758. The number of rotatable bonds is 26. The van der Waals surface area contributed by atoms with Gasteiger partial charge < -0.3 is 34.3 Å². The number of ether oxygens (including phenoxy) is 4. The van der Waals surface area contributed by atoms with Gasteiger partial charge in [-0.2, -0.15) is 0 Å². The highest BCUT2D eigenvalue weighted by Gasteiger charge is 2.58. The summed E-state index contributed by atoms with van der Waals surface area (Å²) in [4.78, 5) is 54.5. The van der Waals surface area contributed by atoms with Gasteiger partial charge in [0.2, 0.25) is 23.6 Å². The molecule has 1 saturated carbocycles. The van der Waals surface area contributed by atoms with Crippen LogP contribution in [0.1, 0.15) is 50.6 Å². The van der Waals surface area contributed by atoms with Gasteiger partial charge in [0.1, 0.15) is 5.69 Å². The van der Waals surface area contributed by atoms with Crippen LogP contribution in [0.15, 0.2) is 18.3 Å². The molecule has 1 aromatic rings. The first-order chi connectivity index (χ1) is 23.4. The normalized spacial score (nSPS) is 21.0. The van der Waals surface area contributed by atoms with E-state index in [0.29, 0.717) is 78.1 Å². The van der Waals surface area contributed by atoms with Crippen LogP contribution >= 0.6 is 0 Å². The SMILES string of the molecule is COCCNC(=O)CCC(=O)N(CCCCCCN1C(=O)[C@@H]2[C@H](C1=O)[C@H]1C=C[C@@H]2C1)Cc1cn(CCOCCOCCOCCO)nn1. The van der Waals surface area contributed by atoms with Gasteiger partial charge in [-0.3, -0.25) is 24.1 Å². The molecule has 4 rings (SSSR count). The summed E-state index contributed by atoms with van der Waals surface area (Å²) < 4.78 is 22.8. The van der Waals surface area contributed by atoms with Crippen LogP contribution in [0.25, 0.3) is 0 Å². The van der Waals surface area contributed by atoms with Crippen LogP contribution in [-0.2, 0) is 51.2 Å². The standard InChI is InChI=1S/C33H52N6O9/c1-45-15-10-34-28(41)8-9-29(42)37(23-27-24-38(36-35-27)13-16-46-18-20-48-21-19-47-17-14-40)11-4-2-3-5-12-39-32(43)30-25-6-7-26(22-25)31(30)33(39)44/h6-7,24-26,30-31,40H,2-5,8-23H2,1H3,(H,34,41)/t25-,26+,30+,31-. The number of carbonyl (C=O) groups is 4. The molecule has 1 aromatic heterocycles. The van der Waals surface area contributed by atoms with E-state index in [1.54, 1.807) is 22.9 Å². The number of allylic oxidation sites excluding steroid dienone is 2. The highest BCUT2D eigenvalue weighted by molar-refractivity contribution is 6.06. The van der Waals surface area contributed by atoms with E-state index in [0.717, 1.165) is 32.1 Å². The highest BCUT2D eigenvalue weighted by Crippen LogP contribution is 2.52. The Kier molecular flexibility index (Phi) is 15.9. The lowest BCUT2D eigenvalue weighted by Crippen LogP contribution is -2.34. The van der Waals surface area contributed by atoms with Crippen molar-refractivity contribution in [1.82, 2.24) is 30.1 Å². The molecule has 15 heteroatoms. The van der Waals surface area contributed by atoms with E-state index in [1.165, 1.54) is 4.90 Å². The Labute approximate surface area is 282 Å². The van der Waals surface area contributed by atoms with E-state index in [9.17, 15) is 19.2 Å². The van der Waals surface area contributed by atoms with E-state index >= 15 is 0 Å². The summed E-state index contributed by atoms with van der Waals surface area (Å²) >= 11 is 0. The third-order valence-corrected chi connectivity index (χ3v) is 9.05. The van der Waals surface area contributed by atoms with Crippen LogP contribution in [0.4, 0.5) is 0 Å². The molecule has 4 amide bonds. The quantitative estimate of drug-likeness (QED) is 0.0797. The number of aliphatic hydroxyl groups excluding tert-OH is 1. The molecule has 2 heterocycles. The van der Waals surface area contributed by atoms with Crippen molar-refractivity contribution in [2.45, 2.75) is 58.0 Å². The summed E-state index contributed by atoms with van der Waals surface area (Å²) in [5.74, 6) is -0.230. The monoisotopic (exact) mass is 676 g/mol. The predicted octanol–water partition coefficient (Wildman–Crippen LogP) is 0.559. The highest BCUT2D eigenvalue weighted by atomic mass is 16.5. The molecule has 1 saturated heterocycles. The van der Waals surface area contributed by atoms with Crippen LogP contribution in [0, 0.1) is 23.7 Å². The average Bonchev–Trinajstić information content (AvgIpc) is 3.87. The van der Waals surface area contributed by atoms with E-state index < -0.39 is 0 Å². The number of unbranched alkanes of at least 4 members (excludes halogenated alkanes) is 3. The zero-order valence-corrected chi connectivity index (χ0v) is 28.1. The molecule has 0 aromatic carbocycles. The third-order valence-electron chi connectivity index (χ3n) is 9.05. The number of nitrogens with one attached hydrogen (secondary N) is 1. The zero-order valence-electron chi connectivity index (χ0n) is 28.1. The van der Waals surface area contributed by atoms with E-state index in [2.05, 4.69) is 27.8 Å². The van der Waals surface area contributed by atoms with E-state index in [4.69, 9.17) is 24.1 Å². The maximum Gasteiger partial charge on any atom is 0.233 e. The van der Waals surface area contributed by atoms with Gasteiger partial charge in [-0.25, -0.2) is 4.68 Å². The van der Waals surface area contributed by atoms with Gasteiger partial charge in [-0.05, 0) is 31.1 Å². The van der Waals surface area contributed by atoms with Crippen molar-refractivity contribution >= 4 is 23.6 Å². The maximum atomic E-state index is 13.2. The van der Waals surface area contributed by atoms with Crippen LogP contribution in [0.2, 0.25) is 0 Å². The van der Waals surface area contributed by atoms with Crippen molar-refractivity contribution in [2.24, 2.45) is 23.7 Å². The first-order valence-electron chi connectivity index (χ1n) is 17.2. The first kappa shape index (κ1) is 37.6. The molecule has 1 aliphatic heterocycles. The molecular formula is C33H52N6O9. The van der Waals surface area contributed by atoms with Crippen molar-refractivity contribution in [3.63, 3.8) is 0 Å². The number of fused-ring (bicyclic) bond motifs is 5. The number of methoxy groups -OCH3 is 1. The van der Waals surface area contributed by atoms with Gasteiger partial charge in [0.25, 0.3) is 0 Å². The Hall–Kier alpha value is -3.24. The average molecular weight is 677 g/mol. The molecule has 0 radical (unpaired) electrons. The van der Waals surface area contributed by atoms with Gasteiger partial charge >= 0.3 is 0 Å². The Morgan fingerprint density at radius 2 is 1.56 bits per heavy atom. The van der Waals surface area contributed by atoms with Gasteiger partial charge in [-0.1, -0.05) is 30.2 Å². The summed E-state index contributed by atoms with van der Waals surface area (Å²) in [6, 6.07) is 0. The maximum absolute atomic E-state index is 13.2. The zero-order chi connectivity index (χ0) is 34.1. The molecule has 0 unspecified atom stereocenters. The minimum Gasteiger partial charge on any atom is -0.394 e. The van der Waals surface area contributed by atoms with Crippen molar-refractivity contribution in [3.8, 4) is 0 Å². The van der Waals surface area contributed by atoms with Gasteiger partial charge in [0, 0.05) is 39.6 Å². The number of amides is 4. The fourth-order valence-corrected chi connectivity index (χ4v) is 6.64. The molecule has 268 valence electrons. The second-order valence-corrected chi connectivity index (χ2v) is 12.4. The fourth-order valence-electron chi connectivity index (χ4n) is 6.64. The van der Waals surface area contributed by atoms with Crippen LogP contribution in [0.5, 0.6) is 0 Å². The van der Waals surface area contributed by atoms with E-state index in [1.807, 2.05) is 0 Å². The van der Waals surface area contributed by atoms with Crippen molar-refractivity contribution in [3.05, 3.63) is 24.0 Å². The minimum absolute atomic E-state index is 0.00436. The molecule has 48 heavy (non-hydrogen) atoms. The number of hydrogen-bond donors (Lipinski definition) is 2. The van der Waals surface area contributed by atoms with Crippen LogP contribution in [-0.4, -0.2) is 133 Å². The molecule has 2 bridgehead atoms. The number of hydrogen-bond acceptors (Lipinski definition) is 11. The summed E-state index contributed by atoms with van der Waals surface area (Å²) in [7, 11) is 1.56. The Morgan fingerprint density at radius 3 is 2.25 bits per heavy atom. The Morgan fingerprint density at radius 1 is 0.896 bits per heavy atom. The molecule has 2 aliphatic carbocycles. The van der Waals surface area contributed by atoms with Crippen molar-refractivity contribution in [1.29, 1.82) is 0 Å². The van der Waals surface area contributed by atoms with Gasteiger partial charge in [0.05, 0.1) is 84.0 Å². The number of aliphatic hydroxyl groups is 1. The Balaban J connectivity index is 1.16. The topological polar surface area (TPSA) is 175 Å². The largest absolute Gasteiger partial charge is 0.394 e. The molecular weight excluding hydrogens is 624 g/mol. The first-order valence-corrected chi connectivity index (χ1v) is 17.2. The second kappa shape index (κ2) is 20.3. The lowest BCUT2D eigenvalue weighted by Gasteiger charge is -2.22. The summed E-state index contributed by atoms with van der Waals surface area (Å²) in [6.07, 6.45) is 10.2. The number of imide groups is 1. The van der Waals surface area contributed by atoms with E-state index in [-0.39, 0.29) is 73.3 Å². The van der Waals surface area contributed by atoms with Crippen molar-refractivity contribution in [2.75, 3.05) is 79.6 Å². The number of aromatic nitrogens is 3. The Bertz CT molecular complexity index is 1180. The minimum atomic E-state index is -0.203. The molecule has 2 fully saturated rings. The predicted molar refractivity (Wildman–Crippen MR) is 172 cm³/mol. The van der Waals surface area contributed by atoms with Gasteiger partial charge in [-0.15, -0.1) is 5.10 Å². The number of nitrogens with zero attached hydrogens (tertiary/aromatic N) is 5. The summed E-state index contributed by atoms with van der Waals surface area (Å²) in [5.41, 5.74) is 0.638. The number of likely N-dealkylation sites (tertiary alicyclic amines) is 1. The smallest absolute Gasteiger partial charge is 0.233 e. The molecule has 15 nitrogen and oxygen atoms in total. The molecule has 0 spiro atoms. The molecule has 2 N–H and O–H groups in total. The number of carbonyl (C=O) groups excluding carboxylic acids is 4. The third kappa shape index (κ3) is 11.2. The van der Waals surface area contributed by atoms with Crippen LogP contribution in [0.3, 0.4) is 0 Å². The lowest BCUT2D eigenvalue weighted by molar-refractivity contribution is -0.140. The summed E-state index contributed by atoms with van der Waals surface area (Å²) in [5, 5.41) is 19.8. The van der Waals surface area contributed by atoms with Crippen molar-refractivity contribution < 1.29 is 43.2 Å².